The van der Waals surface area contributed by atoms with Crippen LogP contribution >= 0.6 is 15.9 Å². The van der Waals surface area contributed by atoms with Gasteiger partial charge in [0.25, 0.3) is 0 Å². The third kappa shape index (κ3) is 2.74. The lowest BCUT2D eigenvalue weighted by Crippen LogP contribution is -2.07. The average molecular weight is 250 g/mol. The second kappa shape index (κ2) is 3.79. The number of halogens is 4. The molecule has 0 aliphatic carbocycles. The number of pyridine rings is 1. The maximum absolute atomic E-state index is 12.0. The van der Waals surface area contributed by atoms with Gasteiger partial charge in [0.15, 0.2) is 0 Å². The molecule has 5 heteroatoms. The number of aromatic nitrogens is 1. The minimum atomic E-state index is -4.39. The fourth-order valence-electron chi connectivity index (χ4n) is 0.690. The van der Waals surface area contributed by atoms with Gasteiger partial charge in [0.1, 0.15) is 5.69 Å². The average Bonchev–Trinajstić information content (AvgIpc) is 2.04. The van der Waals surface area contributed by atoms with Gasteiger partial charge in [-0.15, -0.1) is 0 Å². The van der Waals surface area contributed by atoms with Crippen LogP contribution in [0.15, 0.2) is 18.3 Å². The monoisotopic (exact) mass is 249 g/mol. The molecule has 0 unspecified atom stereocenters. The van der Waals surface area contributed by atoms with E-state index in [1.165, 1.54) is 6.07 Å². The summed E-state index contributed by atoms with van der Waals surface area (Å²) in [5.74, 6) is 2.52. The minimum absolute atomic E-state index is 0.435. The molecular formula is C8H3BrF3N. The smallest absolute Gasteiger partial charge is 0.250 e. The van der Waals surface area contributed by atoms with Gasteiger partial charge < -0.3 is 0 Å². The van der Waals surface area contributed by atoms with Gasteiger partial charge in [0.05, 0.1) is 0 Å². The first-order valence-electron chi connectivity index (χ1n) is 3.19. The largest absolute Gasteiger partial charge is 0.433 e. The van der Waals surface area contributed by atoms with Crippen molar-refractivity contribution in [3.05, 3.63) is 29.6 Å². The number of rotatable bonds is 0. The summed E-state index contributed by atoms with van der Waals surface area (Å²) in [6.07, 6.45) is -3.31. The van der Waals surface area contributed by atoms with Crippen molar-refractivity contribution in [2.24, 2.45) is 0 Å². The molecule has 0 radical (unpaired) electrons. The van der Waals surface area contributed by atoms with E-state index in [2.05, 4.69) is 31.7 Å². The summed E-state index contributed by atoms with van der Waals surface area (Å²) in [6, 6.07) is 2.16. The fourth-order valence-corrected chi connectivity index (χ4v) is 0.919. The standard InChI is InChI=1S/C8H3BrF3N/c9-4-3-6-1-2-7(13-5-6)8(10,11)12/h1-2,5H. The molecule has 0 saturated carbocycles. The summed E-state index contributed by atoms with van der Waals surface area (Å²) < 4.78 is 36.0. The van der Waals surface area contributed by atoms with Crippen LogP contribution in [0.4, 0.5) is 13.2 Å². The Hall–Kier alpha value is -1.02. The fraction of sp³-hybridized carbons (Fsp3) is 0.125. The minimum Gasteiger partial charge on any atom is -0.250 e. The quantitative estimate of drug-likeness (QED) is 0.645. The molecule has 1 nitrogen and oxygen atoms in total. The second-order valence-corrected chi connectivity index (χ2v) is 2.55. The van der Waals surface area contributed by atoms with Crippen molar-refractivity contribution in [1.29, 1.82) is 0 Å². The van der Waals surface area contributed by atoms with Crippen molar-refractivity contribution < 1.29 is 13.2 Å². The van der Waals surface area contributed by atoms with Crippen LogP contribution in [0.5, 0.6) is 0 Å². The van der Waals surface area contributed by atoms with E-state index < -0.39 is 11.9 Å². The molecule has 0 spiro atoms. The molecule has 1 aromatic heterocycles. The van der Waals surface area contributed by atoms with E-state index >= 15 is 0 Å². The Bertz CT molecular complexity index is 344. The molecule has 1 rings (SSSR count). The number of nitrogens with zero attached hydrogens (tertiary/aromatic N) is 1. The molecule has 1 heterocycles. The molecule has 0 bridgehead atoms. The molecule has 1 aromatic rings. The van der Waals surface area contributed by atoms with E-state index in [9.17, 15) is 13.2 Å². The Morgan fingerprint density at radius 1 is 1.31 bits per heavy atom. The first-order valence-corrected chi connectivity index (χ1v) is 3.98. The van der Waals surface area contributed by atoms with Crippen LogP contribution < -0.4 is 0 Å². The zero-order valence-electron chi connectivity index (χ0n) is 6.19. The SMILES string of the molecule is FC(F)(F)c1ccc(C#CBr)cn1. The van der Waals surface area contributed by atoms with Gasteiger partial charge in [0.2, 0.25) is 0 Å². The lowest BCUT2D eigenvalue weighted by Gasteiger charge is -2.03. The van der Waals surface area contributed by atoms with E-state index in [-0.39, 0.29) is 0 Å². The Kier molecular flexibility index (Phi) is 2.94. The van der Waals surface area contributed by atoms with Crippen LogP contribution in [0.1, 0.15) is 11.3 Å². The van der Waals surface area contributed by atoms with Crippen LogP contribution in [-0.2, 0) is 6.18 Å². The maximum atomic E-state index is 12.0. The number of alkyl halides is 3. The summed E-state index contributed by atoms with van der Waals surface area (Å²) >= 11 is 2.83. The molecule has 0 atom stereocenters. The molecule has 0 aliphatic heterocycles. The maximum Gasteiger partial charge on any atom is 0.433 e. The van der Waals surface area contributed by atoms with E-state index in [4.69, 9.17) is 0 Å². The van der Waals surface area contributed by atoms with Gasteiger partial charge in [-0.05, 0) is 17.0 Å². The van der Waals surface area contributed by atoms with Gasteiger partial charge in [-0.3, -0.25) is 4.98 Å². The predicted octanol–water partition coefficient (Wildman–Crippen LogP) is 2.80. The van der Waals surface area contributed by atoms with Gasteiger partial charge in [-0.1, -0.05) is 5.92 Å². The Morgan fingerprint density at radius 2 is 2.00 bits per heavy atom. The van der Waals surface area contributed by atoms with Gasteiger partial charge in [0, 0.05) is 27.7 Å². The lowest BCUT2D eigenvalue weighted by molar-refractivity contribution is -0.141. The molecule has 0 N–H and O–H groups in total. The Balaban J connectivity index is 2.98. The lowest BCUT2D eigenvalue weighted by atomic mass is 10.2. The Labute approximate surface area is 81.1 Å². The van der Waals surface area contributed by atoms with Gasteiger partial charge in [-0.2, -0.15) is 13.2 Å². The van der Waals surface area contributed by atoms with Crippen molar-refractivity contribution in [3.8, 4) is 10.8 Å². The van der Waals surface area contributed by atoms with Crippen molar-refractivity contribution in [2.45, 2.75) is 6.18 Å². The summed E-state index contributed by atoms with van der Waals surface area (Å²) in [5, 5.41) is 0. The van der Waals surface area contributed by atoms with Crippen LogP contribution in [0, 0.1) is 10.8 Å². The van der Waals surface area contributed by atoms with E-state index in [1.807, 2.05) is 0 Å². The van der Waals surface area contributed by atoms with Crippen LogP contribution in [0.3, 0.4) is 0 Å². The predicted molar refractivity (Wildman–Crippen MR) is 45.0 cm³/mol. The van der Waals surface area contributed by atoms with Crippen molar-refractivity contribution in [3.63, 3.8) is 0 Å². The number of hydrogen-bond donors (Lipinski definition) is 0. The summed E-state index contributed by atoms with van der Waals surface area (Å²) in [4.78, 5) is 5.60. The molecule has 0 fully saturated rings. The molecule has 68 valence electrons. The van der Waals surface area contributed by atoms with Crippen molar-refractivity contribution >= 4 is 15.9 Å². The molecule has 0 aliphatic rings. The third-order valence-electron chi connectivity index (χ3n) is 1.25. The summed E-state index contributed by atoms with van der Waals surface area (Å²) in [5.41, 5.74) is -0.475. The normalized spacial score (nSPS) is 10.5. The highest BCUT2D eigenvalue weighted by Crippen LogP contribution is 2.26. The van der Waals surface area contributed by atoms with E-state index in [0.29, 0.717) is 5.56 Å². The zero-order chi connectivity index (χ0) is 9.90. The van der Waals surface area contributed by atoms with Gasteiger partial charge in [-0.25, -0.2) is 0 Å². The third-order valence-corrected chi connectivity index (χ3v) is 1.44. The summed E-state index contributed by atoms with van der Waals surface area (Å²) in [7, 11) is 0. The molecule has 0 amide bonds. The highest BCUT2D eigenvalue weighted by atomic mass is 79.9. The highest BCUT2D eigenvalue weighted by Gasteiger charge is 2.31. The first kappa shape index (κ1) is 10.1. The summed E-state index contributed by atoms with van der Waals surface area (Å²) in [6.45, 7) is 0. The van der Waals surface area contributed by atoms with Crippen LogP contribution in [-0.4, -0.2) is 4.98 Å². The molecule has 0 aromatic carbocycles. The molecular weight excluding hydrogens is 247 g/mol. The van der Waals surface area contributed by atoms with Crippen molar-refractivity contribution in [2.75, 3.05) is 0 Å². The van der Waals surface area contributed by atoms with Crippen LogP contribution in [0.2, 0.25) is 0 Å². The Morgan fingerprint density at radius 3 is 2.38 bits per heavy atom. The van der Waals surface area contributed by atoms with Crippen LogP contribution in [0.25, 0.3) is 0 Å². The second-order valence-electron chi connectivity index (χ2n) is 2.15. The topological polar surface area (TPSA) is 12.9 Å². The van der Waals surface area contributed by atoms with E-state index in [0.717, 1.165) is 12.3 Å². The van der Waals surface area contributed by atoms with Crippen molar-refractivity contribution in [1.82, 2.24) is 4.98 Å². The highest BCUT2D eigenvalue weighted by molar-refractivity contribution is 9.12. The first-order chi connectivity index (χ1) is 6.04. The zero-order valence-corrected chi connectivity index (χ0v) is 7.78. The van der Waals surface area contributed by atoms with Gasteiger partial charge >= 0.3 is 6.18 Å². The number of hydrogen-bond acceptors (Lipinski definition) is 1. The molecule has 13 heavy (non-hydrogen) atoms. The van der Waals surface area contributed by atoms with E-state index in [1.54, 1.807) is 0 Å². The molecule has 0 saturated heterocycles.